The van der Waals surface area contributed by atoms with Gasteiger partial charge in [-0.2, -0.15) is 0 Å². The third kappa shape index (κ3) is 2.31. The molecular weight excluding hydrogens is 302 g/mol. The van der Waals surface area contributed by atoms with Crippen molar-refractivity contribution in [3.05, 3.63) is 28.2 Å². The van der Waals surface area contributed by atoms with Gasteiger partial charge >= 0.3 is 0 Å². The van der Waals surface area contributed by atoms with Gasteiger partial charge < -0.3 is 10.5 Å². The Morgan fingerprint density at radius 1 is 1.37 bits per heavy atom. The first-order valence-corrected chi connectivity index (χ1v) is 8.03. The first-order valence-electron chi connectivity index (χ1n) is 7.24. The molecule has 2 N–H and O–H groups in total. The van der Waals surface area contributed by atoms with Crippen LogP contribution in [-0.4, -0.2) is 5.60 Å². The van der Waals surface area contributed by atoms with Crippen molar-refractivity contribution in [3.8, 4) is 5.75 Å². The molecule has 1 fully saturated rings. The van der Waals surface area contributed by atoms with Gasteiger partial charge in [-0.3, -0.25) is 0 Å². The number of hydrogen-bond acceptors (Lipinski definition) is 2. The Bertz CT molecular complexity index is 490. The monoisotopic (exact) mass is 323 g/mol. The second-order valence-electron chi connectivity index (χ2n) is 6.44. The maximum Gasteiger partial charge on any atom is 0.125 e. The Kier molecular flexibility index (Phi) is 3.38. The highest BCUT2D eigenvalue weighted by molar-refractivity contribution is 9.10. The lowest BCUT2D eigenvalue weighted by Crippen LogP contribution is -2.50. The van der Waals surface area contributed by atoms with Gasteiger partial charge in [-0.1, -0.05) is 29.8 Å². The first-order chi connectivity index (χ1) is 9.00. The molecule has 1 saturated carbocycles. The third-order valence-corrected chi connectivity index (χ3v) is 5.46. The Morgan fingerprint density at radius 2 is 2.16 bits per heavy atom. The van der Waals surface area contributed by atoms with Crippen LogP contribution in [0.25, 0.3) is 0 Å². The summed E-state index contributed by atoms with van der Waals surface area (Å²) in [6, 6.07) is 6.30. The van der Waals surface area contributed by atoms with Crippen molar-refractivity contribution in [3.63, 3.8) is 0 Å². The standard InChI is InChI=1S/C16H22BrNO/c1-10-5-6-16(11(2)7-10)9-14(18)13-8-12(17)3-4-15(13)19-16/h3-4,8,10-11,14H,5-7,9,18H2,1-2H3/t10?,11?,14-,16?/m1/s1. The zero-order valence-corrected chi connectivity index (χ0v) is 13.2. The van der Waals surface area contributed by atoms with E-state index in [9.17, 15) is 0 Å². The fraction of sp³-hybridized carbons (Fsp3) is 0.625. The van der Waals surface area contributed by atoms with Crippen LogP contribution in [0.2, 0.25) is 0 Å². The topological polar surface area (TPSA) is 35.2 Å². The van der Waals surface area contributed by atoms with E-state index >= 15 is 0 Å². The van der Waals surface area contributed by atoms with Crippen LogP contribution < -0.4 is 10.5 Å². The van der Waals surface area contributed by atoms with Crippen molar-refractivity contribution in [2.45, 2.75) is 51.2 Å². The van der Waals surface area contributed by atoms with Crippen molar-refractivity contribution in [1.82, 2.24) is 0 Å². The van der Waals surface area contributed by atoms with Gasteiger partial charge in [0, 0.05) is 22.5 Å². The number of halogens is 1. The van der Waals surface area contributed by atoms with E-state index in [1.807, 2.05) is 6.07 Å². The van der Waals surface area contributed by atoms with Crippen LogP contribution in [0.15, 0.2) is 22.7 Å². The summed E-state index contributed by atoms with van der Waals surface area (Å²) in [6.07, 6.45) is 4.59. The number of fused-ring (bicyclic) bond motifs is 1. The van der Waals surface area contributed by atoms with Gasteiger partial charge in [0.1, 0.15) is 11.4 Å². The largest absolute Gasteiger partial charge is 0.487 e. The number of nitrogens with two attached hydrogens (primary N) is 1. The van der Waals surface area contributed by atoms with Gasteiger partial charge in [-0.25, -0.2) is 0 Å². The van der Waals surface area contributed by atoms with E-state index in [-0.39, 0.29) is 11.6 Å². The molecule has 2 aliphatic rings. The molecule has 0 amide bonds. The molecule has 3 rings (SSSR count). The molecule has 3 unspecified atom stereocenters. The van der Waals surface area contributed by atoms with Crippen molar-refractivity contribution < 1.29 is 4.74 Å². The van der Waals surface area contributed by atoms with Gasteiger partial charge in [0.05, 0.1) is 0 Å². The second-order valence-corrected chi connectivity index (χ2v) is 7.36. The van der Waals surface area contributed by atoms with E-state index in [4.69, 9.17) is 10.5 Å². The average molecular weight is 324 g/mol. The zero-order chi connectivity index (χ0) is 13.6. The molecule has 19 heavy (non-hydrogen) atoms. The summed E-state index contributed by atoms with van der Waals surface area (Å²) < 4.78 is 7.52. The number of rotatable bonds is 0. The molecule has 0 saturated heterocycles. The van der Waals surface area contributed by atoms with Crippen LogP contribution >= 0.6 is 15.9 Å². The van der Waals surface area contributed by atoms with Gasteiger partial charge in [0.2, 0.25) is 0 Å². The van der Waals surface area contributed by atoms with Crippen molar-refractivity contribution in [2.24, 2.45) is 17.6 Å². The molecule has 1 aliphatic carbocycles. The van der Waals surface area contributed by atoms with Gasteiger partial charge in [0.15, 0.2) is 0 Å². The van der Waals surface area contributed by atoms with Crippen molar-refractivity contribution >= 4 is 15.9 Å². The van der Waals surface area contributed by atoms with Gasteiger partial charge in [-0.05, 0) is 49.3 Å². The molecule has 4 atom stereocenters. The van der Waals surface area contributed by atoms with Crippen LogP contribution in [0.5, 0.6) is 5.75 Å². The average Bonchev–Trinajstić information content (AvgIpc) is 2.36. The highest BCUT2D eigenvalue weighted by atomic mass is 79.9. The predicted octanol–water partition coefficient (Wildman–Crippen LogP) is 4.43. The molecule has 1 heterocycles. The van der Waals surface area contributed by atoms with E-state index in [1.165, 1.54) is 12.8 Å². The molecule has 1 aliphatic heterocycles. The lowest BCUT2D eigenvalue weighted by Gasteiger charge is -2.49. The third-order valence-electron chi connectivity index (χ3n) is 4.96. The number of ether oxygens (including phenoxy) is 1. The highest BCUT2D eigenvalue weighted by Gasteiger charge is 2.46. The normalized spacial score (nSPS) is 37.8. The van der Waals surface area contributed by atoms with E-state index in [1.54, 1.807) is 0 Å². The summed E-state index contributed by atoms with van der Waals surface area (Å²) in [5.41, 5.74) is 7.53. The molecule has 1 aromatic carbocycles. The Balaban J connectivity index is 1.94. The number of benzene rings is 1. The van der Waals surface area contributed by atoms with Crippen LogP contribution in [0, 0.1) is 11.8 Å². The summed E-state index contributed by atoms with van der Waals surface area (Å²) in [7, 11) is 0. The molecule has 2 nitrogen and oxygen atoms in total. The Morgan fingerprint density at radius 3 is 2.89 bits per heavy atom. The van der Waals surface area contributed by atoms with E-state index < -0.39 is 0 Å². The predicted molar refractivity (Wildman–Crippen MR) is 81.2 cm³/mol. The SMILES string of the molecule is CC1CCC2(C[C@@H](N)c3cc(Br)ccc3O2)C(C)C1. The van der Waals surface area contributed by atoms with E-state index in [0.29, 0.717) is 5.92 Å². The van der Waals surface area contributed by atoms with Crippen molar-refractivity contribution in [1.29, 1.82) is 0 Å². The molecular formula is C16H22BrNO. The molecule has 3 heteroatoms. The minimum Gasteiger partial charge on any atom is -0.487 e. The van der Waals surface area contributed by atoms with Crippen molar-refractivity contribution in [2.75, 3.05) is 0 Å². The molecule has 0 aromatic heterocycles. The lowest BCUT2D eigenvalue weighted by molar-refractivity contribution is -0.0519. The molecule has 1 spiro atoms. The summed E-state index contributed by atoms with van der Waals surface area (Å²) in [4.78, 5) is 0. The maximum absolute atomic E-state index is 6.45. The Hall–Kier alpha value is -0.540. The molecule has 0 bridgehead atoms. The van der Waals surface area contributed by atoms with Crippen LogP contribution in [0.4, 0.5) is 0 Å². The number of hydrogen-bond donors (Lipinski definition) is 1. The van der Waals surface area contributed by atoms with Crippen LogP contribution in [0.1, 0.15) is 51.1 Å². The maximum atomic E-state index is 6.45. The minimum absolute atomic E-state index is 0.0350. The second kappa shape index (κ2) is 4.78. The summed E-state index contributed by atoms with van der Waals surface area (Å²) >= 11 is 3.51. The van der Waals surface area contributed by atoms with Gasteiger partial charge in [0.25, 0.3) is 0 Å². The smallest absolute Gasteiger partial charge is 0.125 e. The van der Waals surface area contributed by atoms with E-state index in [0.717, 1.165) is 34.5 Å². The van der Waals surface area contributed by atoms with Crippen LogP contribution in [0.3, 0.4) is 0 Å². The fourth-order valence-corrected chi connectivity index (χ4v) is 4.15. The zero-order valence-electron chi connectivity index (χ0n) is 11.7. The van der Waals surface area contributed by atoms with Crippen LogP contribution in [-0.2, 0) is 0 Å². The van der Waals surface area contributed by atoms with Gasteiger partial charge in [-0.15, -0.1) is 0 Å². The Labute approximate surface area is 123 Å². The quantitative estimate of drug-likeness (QED) is 0.766. The summed E-state index contributed by atoms with van der Waals surface area (Å²) in [5.74, 6) is 2.38. The first kappa shape index (κ1) is 13.4. The highest BCUT2D eigenvalue weighted by Crippen LogP contribution is 2.49. The summed E-state index contributed by atoms with van der Waals surface area (Å²) in [6.45, 7) is 4.67. The molecule has 1 aromatic rings. The fourth-order valence-electron chi connectivity index (χ4n) is 3.77. The lowest BCUT2D eigenvalue weighted by atomic mass is 9.68. The molecule has 0 radical (unpaired) electrons. The van der Waals surface area contributed by atoms with E-state index in [2.05, 4.69) is 41.9 Å². The molecule has 104 valence electrons. The minimum atomic E-state index is -0.0350. The summed E-state index contributed by atoms with van der Waals surface area (Å²) in [5, 5.41) is 0.